The Morgan fingerprint density at radius 3 is 3.00 bits per heavy atom. The first-order valence-corrected chi connectivity index (χ1v) is 5.31. The van der Waals surface area contributed by atoms with Crippen LogP contribution in [0, 0.1) is 0 Å². The molecule has 0 unspecified atom stereocenters. The molecule has 0 atom stereocenters. The molecule has 0 aliphatic carbocycles. The maximum Gasteiger partial charge on any atom is 0.306 e. The number of nitrogen functional groups attached to an aromatic ring is 1. The number of methoxy groups -OCH3 is 1. The molecule has 0 radical (unpaired) electrons. The van der Waals surface area contributed by atoms with Gasteiger partial charge in [0, 0.05) is 5.75 Å². The van der Waals surface area contributed by atoms with Crippen LogP contribution in [0.5, 0.6) is 0 Å². The third-order valence-corrected chi connectivity index (χ3v) is 3.07. The first kappa shape index (κ1) is 10.3. The lowest BCUT2D eigenvalue weighted by Gasteiger charge is -1.95. The van der Waals surface area contributed by atoms with Crippen molar-refractivity contribution < 1.29 is 9.53 Å². The average Bonchev–Trinajstić information content (AvgIpc) is 2.51. The van der Waals surface area contributed by atoms with Gasteiger partial charge in [0.1, 0.15) is 0 Å². The molecule has 0 bridgehead atoms. The molecule has 0 aliphatic heterocycles. The van der Waals surface area contributed by atoms with Gasteiger partial charge in [-0.1, -0.05) is 23.1 Å². The number of nitrogens with two attached hydrogens (primary N) is 1. The van der Waals surface area contributed by atoms with E-state index in [1.54, 1.807) is 0 Å². The fourth-order valence-electron chi connectivity index (χ4n) is 0.602. The Kier molecular flexibility index (Phi) is 3.97. The van der Waals surface area contributed by atoms with E-state index in [-0.39, 0.29) is 5.97 Å². The molecule has 0 fully saturated rings. The maximum atomic E-state index is 10.7. The van der Waals surface area contributed by atoms with Crippen LogP contribution in [-0.4, -0.2) is 29.0 Å². The minimum Gasteiger partial charge on any atom is -0.469 e. The van der Waals surface area contributed by atoms with Crippen LogP contribution >= 0.6 is 23.1 Å². The largest absolute Gasteiger partial charge is 0.469 e. The summed E-state index contributed by atoms with van der Waals surface area (Å²) in [5, 5.41) is 7.88. The van der Waals surface area contributed by atoms with Gasteiger partial charge >= 0.3 is 5.97 Å². The van der Waals surface area contributed by atoms with E-state index in [1.807, 2.05) is 0 Å². The highest BCUT2D eigenvalue weighted by Crippen LogP contribution is 2.23. The molecule has 1 heterocycles. The molecule has 1 aromatic heterocycles. The molecule has 0 amide bonds. The predicted molar refractivity (Wildman–Crippen MR) is 51.7 cm³/mol. The van der Waals surface area contributed by atoms with Crippen molar-refractivity contribution in [3.05, 3.63) is 0 Å². The van der Waals surface area contributed by atoms with Gasteiger partial charge in [0.05, 0.1) is 13.5 Å². The van der Waals surface area contributed by atoms with Crippen LogP contribution < -0.4 is 5.73 Å². The van der Waals surface area contributed by atoms with E-state index in [9.17, 15) is 4.79 Å². The minimum absolute atomic E-state index is 0.218. The van der Waals surface area contributed by atoms with Crippen molar-refractivity contribution in [3.8, 4) is 0 Å². The fraction of sp³-hybridized carbons (Fsp3) is 0.500. The van der Waals surface area contributed by atoms with Crippen molar-refractivity contribution in [1.82, 2.24) is 10.2 Å². The molecule has 0 saturated heterocycles. The molecule has 2 N–H and O–H groups in total. The van der Waals surface area contributed by atoms with E-state index in [0.29, 0.717) is 17.3 Å². The zero-order valence-corrected chi connectivity index (χ0v) is 8.65. The molecule has 0 saturated carbocycles. The van der Waals surface area contributed by atoms with Crippen molar-refractivity contribution in [2.24, 2.45) is 0 Å². The van der Waals surface area contributed by atoms with Gasteiger partial charge in [0.15, 0.2) is 4.34 Å². The second-order valence-corrected chi connectivity index (χ2v) is 4.43. The normalized spacial score (nSPS) is 9.92. The van der Waals surface area contributed by atoms with Gasteiger partial charge in [-0.15, -0.1) is 10.2 Å². The third-order valence-electron chi connectivity index (χ3n) is 1.18. The Morgan fingerprint density at radius 1 is 1.69 bits per heavy atom. The number of rotatable bonds is 4. The Labute approximate surface area is 83.7 Å². The molecule has 7 heteroatoms. The first-order valence-electron chi connectivity index (χ1n) is 3.51. The van der Waals surface area contributed by atoms with E-state index < -0.39 is 0 Å². The molecule has 1 rings (SSSR count). The summed E-state index contributed by atoms with van der Waals surface area (Å²) in [5.74, 6) is 0.423. The van der Waals surface area contributed by atoms with E-state index in [0.717, 1.165) is 4.34 Å². The first-order chi connectivity index (χ1) is 6.22. The lowest BCUT2D eigenvalue weighted by atomic mass is 10.5. The van der Waals surface area contributed by atoms with Gasteiger partial charge in [0.25, 0.3) is 0 Å². The van der Waals surface area contributed by atoms with Crippen molar-refractivity contribution >= 4 is 34.2 Å². The summed E-state index contributed by atoms with van der Waals surface area (Å²) in [6.45, 7) is 0. The fourth-order valence-corrected chi connectivity index (χ4v) is 2.23. The number of ether oxygens (including phenoxy) is 1. The molecule has 13 heavy (non-hydrogen) atoms. The topological polar surface area (TPSA) is 78.1 Å². The van der Waals surface area contributed by atoms with Crippen LogP contribution in [-0.2, 0) is 9.53 Å². The van der Waals surface area contributed by atoms with Gasteiger partial charge in [0.2, 0.25) is 5.13 Å². The van der Waals surface area contributed by atoms with Gasteiger partial charge in [-0.2, -0.15) is 0 Å². The van der Waals surface area contributed by atoms with E-state index >= 15 is 0 Å². The molecular formula is C6H9N3O2S2. The molecule has 1 aromatic rings. The number of hydrogen-bond donors (Lipinski definition) is 1. The number of aromatic nitrogens is 2. The number of hydrogen-bond acceptors (Lipinski definition) is 7. The van der Waals surface area contributed by atoms with Crippen LogP contribution in [0.2, 0.25) is 0 Å². The quantitative estimate of drug-likeness (QED) is 0.595. The Hall–Kier alpha value is -0.820. The zero-order valence-electron chi connectivity index (χ0n) is 7.02. The number of nitrogens with zero attached hydrogens (tertiary/aromatic N) is 2. The van der Waals surface area contributed by atoms with Gasteiger partial charge in [-0.25, -0.2) is 0 Å². The lowest BCUT2D eigenvalue weighted by molar-refractivity contribution is -0.140. The molecule has 0 aromatic carbocycles. The van der Waals surface area contributed by atoms with E-state index in [2.05, 4.69) is 14.9 Å². The summed E-state index contributed by atoms with van der Waals surface area (Å²) in [5.41, 5.74) is 5.38. The number of anilines is 1. The Balaban J connectivity index is 2.24. The molecular weight excluding hydrogens is 210 g/mol. The van der Waals surface area contributed by atoms with Gasteiger partial charge < -0.3 is 10.5 Å². The van der Waals surface area contributed by atoms with Crippen LogP contribution in [0.25, 0.3) is 0 Å². The standard InChI is InChI=1S/C6H9N3O2S2/c1-11-4(10)2-3-12-6-9-8-5(7)13-6/h2-3H2,1H3,(H2,7,8). The second kappa shape index (κ2) is 5.03. The van der Waals surface area contributed by atoms with Gasteiger partial charge in [-0.3, -0.25) is 4.79 Å². The monoisotopic (exact) mass is 219 g/mol. The van der Waals surface area contributed by atoms with Gasteiger partial charge in [-0.05, 0) is 0 Å². The number of carbonyl (C=O) groups excluding carboxylic acids is 1. The highest BCUT2D eigenvalue weighted by atomic mass is 32.2. The van der Waals surface area contributed by atoms with Crippen molar-refractivity contribution in [2.45, 2.75) is 10.8 Å². The molecule has 72 valence electrons. The smallest absolute Gasteiger partial charge is 0.306 e. The lowest BCUT2D eigenvalue weighted by Crippen LogP contribution is -2.00. The predicted octanol–water partition coefficient (Wildman–Crippen LogP) is 0.776. The Bertz CT molecular complexity index is 289. The van der Waals surface area contributed by atoms with Crippen LogP contribution in [0.4, 0.5) is 5.13 Å². The number of esters is 1. The zero-order chi connectivity index (χ0) is 9.68. The van der Waals surface area contributed by atoms with Crippen molar-refractivity contribution in [3.63, 3.8) is 0 Å². The molecule has 5 nitrogen and oxygen atoms in total. The third kappa shape index (κ3) is 3.60. The summed E-state index contributed by atoms with van der Waals surface area (Å²) in [7, 11) is 1.37. The van der Waals surface area contributed by atoms with Crippen LogP contribution in [0.15, 0.2) is 4.34 Å². The number of carbonyl (C=O) groups is 1. The number of thioether (sulfide) groups is 1. The van der Waals surface area contributed by atoms with Crippen molar-refractivity contribution in [1.29, 1.82) is 0 Å². The minimum atomic E-state index is -0.218. The molecule has 0 aliphatic rings. The summed E-state index contributed by atoms with van der Waals surface area (Å²) >= 11 is 2.76. The maximum absolute atomic E-state index is 10.7. The highest BCUT2D eigenvalue weighted by Gasteiger charge is 2.04. The highest BCUT2D eigenvalue weighted by molar-refractivity contribution is 8.01. The van der Waals surface area contributed by atoms with E-state index in [1.165, 1.54) is 30.2 Å². The summed E-state index contributed by atoms with van der Waals surface area (Å²) in [4.78, 5) is 10.7. The van der Waals surface area contributed by atoms with E-state index in [4.69, 9.17) is 5.73 Å². The SMILES string of the molecule is COC(=O)CCSc1nnc(N)s1. The van der Waals surface area contributed by atoms with Crippen LogP contribution in [0.3, 0.4) is 0 Å². The molecule has 0 spiro atoms. The summed E-state index contributed by atoms with van der Waals surface area (Å²) in [6, 6.07) is 0. The second-order valence-electron chi connectivity index (χ2n) is 2.08. The average molecular weight is 219 g/mol. The Morgan fingerprint density at radius 2 is 2.46 bits per heavy atom. The summed E-state index contributed by atoms with van der Waals surface area (Å²) < 4.78 is 5.26. The summed E-state index contributed by atoms with van der Waals surface area (Å²) in [6.07, 6.45) is 0.376. The van der Waals surface area contributed by atoms with Crippen molar-refractivity contribution in [2.75, 3.05) is 18.6 Å². The van der Waals surface area contributed by atoms with Crippen LogP contribution in [0.1, 0.15) is 6.42 Å².